The minimum atomic E-state index is -1.45. The Morgan fingerprint density at radius 3 is 2.17 bits per heavy atom. The minimum Gasteiger partial charge on any atom is -0.504 e. The van der Waals surface area contributed by atoms with E-state index in [1.54, 1.807) is 6.08 Å². The third-order valence-corrected chi connectivity index (χ3v) is 11.4. The Kier molecular flexibility index (Phi) is 4.93. The maximum atomic E-state index is 13.5. The van der Waals surface area contributed by atoms with Gasteiger partial charge in [-0.1, -0.05) is 27.7 Å². The van der Waals surface area contributed by atoms with Crippen molar-refractivity contribution in [3.05, 3.63) is 34.4 Å². The molecule has 0 aromatic heterocycles. The summed E-state index contributed by atoms with van der Waals surface area (Å²) in [6.07, 6.45) is 6.89. The average Bonchev–Trinajstić information content (AvgIpc) is 2.79. The van der Waals surface area contributed by atoms with Crippen LogP contribution in [0.15, 0.2) is 17.7 Å². The van der Waals surface area contributed by atoms with E-state index in [0.29, 0.717) is 24.8 Å². The second kappa shape index (κ2) is 7.14. The molecule has 0 aliphatic heterocycles. The number of ketones is 1. The van der Waals surface area contributed by atoms with Crippen LogP contribution in [0.4, 0.5) is 0 Å². The topological polar surface area (TPSA) is 132 Å². The van der Waals surface area contributed by atoms with Crippen molar-refractivity contribution in [1.29, 1.82) is 0 Å². The number of allylic oxidation sites excluding steroid dienone is 2. The van der Waals surface area contributed by atoms with Crippen LogP contribution in [0.1, 0.15) is 106 Å². The lowest BCUT2D eigenvalue weighted by molar-refractivity contribution is -0.177. The zero-order valence-corrected chi connectivity index (χ0v) is 21.7. The number of fused-ring (bicyclic) bond motifs is 7. The lowest BCUT2D eigenvalue weighted by Gasteiger charge is -2.69. The molecule has 7 nitrogen and oxygen atoms in total. The van der Waals surface area contributed by atoms with E-state index in [9.17, 15) is 34.8 Å². The number of hydrogen-bond acceptors (Lipinski definition) is 5. The van der Waals surface area contributed by atoms with Gasteiger partial charge in [-0.05, 0) is 97.3 Å². The van der Waals surface area contributed by atoms with Crippen LogP contribution in [0.25, 0.3) is 0 Å². The molecule has 3 fully saturated rings. The molecule has 0 radical (unpaired) electrons. The molecule has 0 heterocycles. The van der Waals surface area contributed by atoms with Gasteiger partial charge in [-0.15, -0.1) is 0 Å². The number of aliphatic carboxylic acids is 1. The van der Waals surface area contributed by atoms with Gasteiger partial charge in [-0.3, -0.25) is 9.59 Å². The largest absolute Gasteiger partial charge is 0.504 e. The number of hydrogen-bond donors (Lipinski definition) is 4. The summed E-state index contributed by atoms with van der Waals surface area (Å²) >= 11 is 0. The molecule has 4 N–H and O–H groups in total. The van der Waals surface area contributed by atoms with Gasteiger partial charge in [0, 0.05) is 11.0 Å². The Morgan fingerprint density at radius 2 is 1.56 bits per heavy atom. The molecule has 0 bridgehead atoms. The van der Waals surface area contributed by atoms with Crippen LogP contribution in [0.5, 0.6) is 11.5 Å². The van der Waals surface area contributed by atoms with Crippen LogP contribution in [-0.4, -0.2) is 38.1 Å². The summed E-state index contributed by atoms with van der Waals surface area (Å²) in [4.78, 5) is 37.8. The number of phenols is 2. The summed E-state index contributed by atoms with van der Waals surface area (Å²) in [6, 6.07) is 1.36. The lowest BCUT2D eigenvalue weighted by Crippen LogP contribution is -2.62. The summed E-state index contributed by atoms with van der Waals surface area (Å²) in [7, 11) is 0. The quantitative estimate of drug-likeness (QED) is 0.388. The van der Waals surface area contributed by atoms with Crippen molar-refractivity contribution in [2.75, 3.05) is 0 Å². The molecule has 1 aromatic rings. The fourth-order valence-corrected chi connectivity index (χ4v) is 8.73. The van der Waals surface area contributed by atoms with Crippen molar-refractivity contribution in [1.82, 2.24) is 0 Å². The van der Waals surface area contributed by atoms with E-state index in [0.717, 1.165) is 31.3 Å². The van der Waals surface area contributed by atoms with E-state index in [2.05, 4.69) is 20.8 Å². The molecular formula is C29H36O7. The fraction of sp³-hybridized carbons (Fsp3) is 0.621. The van der Waals surface area contributed by atoms with Crippen LogP contribution in [0, 0.1) is 27.6 Å². The van der Waals surface area contributed by atoms with Gasteiger partial charge in [0.15, 0.2) is 17.3 Å². The number of carboxylic acids is 2. The van der Waals surface area contributed by atoms with Crippen molar-refractivity contribution in [3.63, 3.8) is 0 Å². The average molecular weight is 497 g/mol. The molecule has 4 aliphatic carbocycles. The normalized spacial score (nSPS) is 41.3. The van der Waals surface area contributed by atoms with Gasteiger partial charge in [0.1, 0.15) is 5.56 Å². The molecule has 194 valence electrons. The molecule has 1 aromatic carbocycles. The Bertz CT molecular complexity index is 1260. The molecule has 0 unspecified atom stereocenters. The van der Waals surface area contributed by atoms with Crippen LogP contribution in [0.2, 0.25) is 0 Å². The second-order valence-electron chi connectivity index (χ2n) is 13.1. The van der Waals surface area contributed by atoms with Gasteiger partial charge in [0.25, 0.3) is 0 Å². The minimum absolute atomic E-state index is 0.0225. The molecule has 3 saturated carbocycles. The maximum Gasteiger partial charge on any atom is 0.340 e. The second-order valence-corrected chi connectivity index (χ2v) is 13.1. The lowest BCUT2D eigenvalue weighted by atomic mass is 9.34. The number of carbonyl (C=O) groups is 3. The molecule has 0 saturated heterocycles. The standard InChI is InChI=1S/C29H36O7/c1-25-6-7-26(2,24(35)36)14-19(25)29(5)11-9-27(3)15-12-17(31)22(32)21(23(33)34)20(15)16(30)13-18(27)28(29,4)10-8-25/h12-13,19,31-32H,6-11,14H2,1-5H3,(H,33,34)(H,35,36)/t19-,25-,26-,27+,28-,29+/m1/s1. The van der Waals surface area contributed by atoms with Crippen molar-refractivity contribution < 1.29 is 34.8 Å². The smallest absolute Gasteiger partial charge is 0.340 e. The van der Waals surface area contributed by atoms with E-state index < -0.39 is 51.0 Å². The highest BCUT2D eigenvalue weighted by Crippen LogP contribution is 2.74. The number of phenolic OH excluding ortho intramolecular Hbond substituents is 1. The molecule has 4 aliphatic rings. The summed E-state index contributed by atoms with van der Waals surface area (Å²) < 4.78 is 0. The summed E-state index contributed by atoms with van der Waals surface area (Å²) in [5.74, 6) is -3.85. The van der Waals surface area contributed by atoms with Gasteiger partial charge in [-0.25, -0.2) is 4.79 Å². The predicted molar refractivity (Wildman–Crippen MR) is 132 cm³/mol. The maximum absolute atomic E-state index is 13.5. The van der Waals surface area contributed by atoms with E-state index in [4.69, 9.17) is 0 Å². The van der Waals surface area contributed by atoms with Crippen LogP contribution in [-0.2, 0) is 10.2 Å². The zero-order valence-electron chi connectivity index (χ0n) is 21.7. The summed E-state index contributed by atoms with van der Waals surface area (Å²) in [5.41, 5.74) is -1.32. The van der Waals surface area contributed by atoms with E-state index in [1.165, 1.54) is 6.07 Å². The molecule has 7 heteroatoms. The van der Waals surface area contributed by atoms with Gasteiger partial charge in [0.05, 0.1) is 5.41 Å². The first-order chi connectivity index (χ1) is 16.5. The molecule has 6 atom stereocenters. The predicted octanol–water partition coefficient (Wildman–Crippen LogP) is 5.67. The summed E-state index contributed by atoms with van der Waals surface area (Å²) in [5, 5.41) is 40.6. The van der Waals surface area contributed by atoms with Gasteiger partial charge in [0.2, 0.25) is 0 Å². The highest BCUT2D eigenvalue weighted by Gasteiger charge is 2.67. The highest BCUT2D eigenvalue weighted by atomic mass is 16.4. The van der Waals surface area contributed by atoms with Gasteiger partial charge in [-0.2, -0.15) is 0 Å². The molecule has 0 amide bonds. The molecule has 0 spiro atoms. The van der Waals surface area contributed by atoms with Crippen molar-refractivity contribution in [3.8, 4) is 11.5 Å². The first-order valence-corrected chi connectivity index (χ1v) is 12.9. The van der Waals surface area contributed by atoms with Gasteiger partial charge >= 0.3 is 11.9 Å². The summed E-state index contributed by atoms with van der Waals surface area (Å²) in [6.45, 7) is 10.6. The van der Waals surface area contributed by atoms with E-state index in [1.807, 2.05) is 13.8 Å². The van der Waals surface area contributed by atoms with Crippen molar-refractivity contribution >= 4 is 17.7 Å². The number of aromatic carboxylic acids is 1. The molecule has 36 heavy (non-hydrogen) atoms. The number of aromatic hydroxyl groups is 2. The van der Waals surface area contributed by atoms with Crippen LogP contribution in [0.3, 0.4) is 0 Å². The fourth-order valence-electron chi connectivity index (χ4n) is 8.73. The number of rotatable bonds is 2. The third-order valence-electron chi connectivity index (χ3n) is 11.4. The number of carbonyl (C=O) groups excluding carboxylic acids is 1. The SMILES string of the molecule is C[C@@]1(C(=O)O)CC[C@]2(C)CC[C@]3(C)C4=CC(=O)c5c(cc(O)c(O)c5C(=O)O)[C@]4(C)CC[C@@]3(C)[C@@H]2C1. The Labute approximate surface area is 211 Å². The van der Waals surface area contributed by atoms with Crippen molar-refractivity contribution in [2.45, 2.75) is 85.0 Å². The van der Waals surface area contributed by atoms with E-state index >= 15 is 0 Å². The highest BCUT2D eigenvalue weighted by molar-refractivity contribution is 6.15. The Hall–Kier alpha value is -2.83. The van der Waals surface area contributed by atoms with Crippen LogP contribution < -0.4 is 0 Å². The number of benzene rings is 1. The first kappa shape index (κ1) is 24.8. The van der Waals surface area contributed by atoms with Gasteiger partial charge < -0.3 is 20.4 Å². The Balaban J connectivity index is 1.69. The molecular weight excluding hydrogens is 460 g/mol. The molecule has 5 rings (SSSR count). The van der Waals surface area contributed by atoms with Crippen molar-refractivity contribution in [2.24, 2.45) is 27.6 Å². The number of carboxylic acid groups (broad SMARTS) is 2. The Morgan fingerprint density at radius 1 is 0.917 bits per heavy atom. The third kappa shape index (κ3) is 2.83. The van der Waals surface area contributed by atoms with Crippen LogP contribution >= 0.6 is 0 Å². The monoisotopic (exact) mass is 496 g/mol. The first-order valence-electron chi connectivity index (χ1n) is 12.9. The zero-order chi connectivity index (χ0) is 26.6. The van der Waals surface area contributed by atoms with E-state index in [-0.39, 0.29) is 22.3 Å².